The van der Waals surface area contributed by atoms with Crippen LogP contribution in [0.2, 0.25) is 0 Å². The Labute approximate surface area is 189 Å². The summed E-state index contributed by atoms with van der Waals surface area (Å²) in [5.41, 5.74) is 3.43. The molecule has 0 atom stereocenters. The molecule has 0 N–H and O–H groups in total. The first-order chi connectivity index (χ1) is 15.4. The average Bonchev–Trinajstić information content (AvgIpc) is 3.32. The van der Waals surface area contributed by atoms with Crippen molar-refractivity contribution in [2.24, 2.45) is 0 Å². The van der Waals surface area contributed by atoms with Crippen LogP contribution >= 0.6 is 0 Å². The predicted molar refractivity (Wildman–Crippen MR) is 124 cm³/mol. The van der Waals surface area contributed by atoms with Gasteiger partial charge in [-0.2, -0.15) is 0 Å². The summed E-state index contributed by atoms with van der Waals surface area (Å²) in [5.74, 6) is 0.545. The number of rotatable bonds is 6. The molecule has 1 aromatic carbocycles. The van der Waals surface area contributed by atoms with E-state index in [1.165, 1.54) is 12.1 Å². The van der Waals surface area contributed by atoms with Gasteiger partial charge < -0.3 is 14.4 Å². The van der Waals surface area contributed by atoms with Crippen molar-refractivity contribution in [3.8, 4) is 11.3 Å². The standard InChI is InChI=1S/C20H24FN3O2.C2H2O2.C2H6/c1-13(2)18-16(9-10-17-25-11-12-26-17)19(23-20(22-18)24(3)4)14-5-7-15(21)8-6-14;3-1-2-4;1-2/h5-10,13,17H,11-12H2,1-4H3;1-2H;1-2H3/b10-9+;;. The zero-order valence-corrected chi connectivity index (χ0v) is 19.5. The van der Waals surface area contributed by atoms with Crippen molar-refractivity contribution in [2.45, 2.75) is 39.9 Å². The normalized spacial score (nSPS) is 13.2. The molecular weight excluding hydrogens is 413 g/mol. The van der Waals surface area contributed by atoms with Crippen LogP contribution in [0.1, 0.15) is 44.9 Å². The first kappa shape index (κ1) is 27.1. The molecule has 1 aromatic heterocycles. The smallest absolute Gasteiger partial charge is 0.225 e. The minimum atomic E-state index is -0.357. The molecule has 8 heteroatoms. The molecule has 0 saturated carbocycles. The Morgan fingerprint density at radius 1 is 1.03 bits per heavy atom. The van der Waals surface area contributed by atoms with Crippen LogP contribution in [0.25, 0.3) is 17.3 Å². The van der Waals surface area contributed by atoms with E-state index in [2.05, 4.69) is 13.8 Å². The summed E-state index contributed by atoms with van der Waals surface area (Å²) in [5, 5.41) is 0. The Hall–Kier alpha value is -2.97. The van der Waals surface area contributed by atoms with E-state index < -0.39 is 0 Å². The highest BCUT2D eigenvalue weighted by Crippen LogP contribution is 2.31. The molecule has 0 spiro atoms. The van der Waals surface area contributed by atoms with Gasteiger partial charge in [0.1, 0.15) is 5.82 Å². The van der Waals surface area contributed by atoms with E-state index in [0.29, 0.717) is 19.2 Å². The Bertz CT molecular complexity index is 872. The zero-order chi connectivity index (χ0) is 24.1. The minimum Gasteiger partial charge on any atom is -0.347 e. The van der Waals surface area contributed by atoms with Crippen molar-refractivity contribution < 1.29 is 23.5 Å². The Morgan fingerprint density at radius 3 is 2.06 bits per heavy atom. The predicted octanol–water partition coefficient (Wildman–Crippen LogP) is 4.27. The molecule has 2 heterocycles. The van der Waals surface area contributed by atoms with Gasteiger partial charge in [0.15, 0.2) is 18.9 Å². The zero-order valence-electron chi connectivity index (χ0n) is 19.5. The number of aromatic nitrogens is 2. The molecule has 1 fully saturated rings. The van der Waals surface area contributed by atoms with Crippen LogP contribution in [-0.4, -0.2) is 56.1 Å². The van der Waals surface area contributed by atoms with E-state index in [1.54, 1.807) is 12.1 Å². The van der Waals surface area contributed by atoms with Gasteiger partial charge in [0.05, 0.1) is 24.6 Å². The molecule has 1 aliphatic heterocycles. The lowest BCUT2D eigenvalue weighted by molar-refractivity contribution is -0.122. The molecule has 1 saturated heterocycles. The molecule has 174 valence electrons. The molecule has 0 bridgehead atoms. The summed E-state index contributed by atoms with van der Waals surface area (Å²) >= 11 is 0. The van der Waals surface area contributed by atoms with Gasteiger partial charge >= 0.3 is 0 Å². The third kappa shape index (κ3) is 7.94. The monoisotopic (exact) mass is 445 g/mol. The summed E-state index contributed by atoms with van der Waals surface area (Å²) in [6, 6.07) is 6.36. The van der Waals surface area contributed by atoms with Gasteiger partial charge in [-0.05, 0) is 42.3 Å². The van der Waals surface area contributed by atoms with E-state index in [4.69, 9.17) is 29.0 Å². The summed E-state index contributed by atoms with van der Waals surface area (Å²) in [4.78, 5) is 28.9. The van der Waals surface area contributed by atoms with Gasteiger partial charge in [-0.3, -0.25) is 9.59 Å². The molecule has 0 unspecified atom stereocenters. The quantitative estimate of drug-likeness (QED) is 0.485. The van der Waals surface area contributed by atoms with Crippen LogP contribution in [0.15, 0.2) is 30.3 Å². The second-order valence-corrected chi connectivity index (χ2v) is 6.97. The van der Waals surface area contributed by atoms with E-state index in [1.807, 2.05) is 45.0 Å². The second kappa shape index (κ2) is 14.2. The topological polar surface area (TPSA) is 81.6 Å². The van der Waals surface area contributed by atoms with Gasteiger partial charge in [-0.15, -0.1) is 0 Å². The van der Waals surface area contributed by atoms with Crippen molar-refractivity contribution in [1.29, 1.82) is 0 Å². The number of anilines is 1. The van der Waals surface area contributed by atoms with Crippen LogP contribution in [0, 0.1) is 5.82 Å². The van der Waals surface area contributed by atoms with E-state index >= 15 is 0 Å². The number of benzene rings is 1. The minimum absolute atomic E-state index is 0.194. The maximum Gasteiger partial charge on any atom is 0.225 e. The fraction of sp³-hybridized carbons (Fsp3) is 0.417. The van der Waals surface area contributed by atoms with Crippen molar-refractivity contribution in [3.63, 3.8) is 0 Å². The Kier molecular flexibility index (Phi) is 12.0. The maximum atomic E-state index is 13.4. The van der Waals surface area contributed by atoms with Crippen LogP contribution in [0.4, 0.5) is 10.3 Å². The van der Waals surface area contributed by atoms with Crippen molar-refractivity contribution in [3.05, 3.63) is 47.4 Å². The SMILES string of the molecule is CC.CC(C)c1nc(N(C)C)nc(-c2ccc(F)cc2)c1/C=C/C1OCCO1.O=CC=O. The Balaban J connectivity index is 0.000000769. The highest BCUT2D eigenvalue weighted by atomic mass is 19.1. The molecular formula is C24H32FN3O4. The van der Waals surface area contributed by atoms with E-state index in [0.717, 1.165) is 22.5 Å². The van der Waals surface area contributed by atoms with Crippen LogP contribution < -0.4 is 4.90 Å². The van der Waals surface area contributed by atoms with Crippen molar-refractivity contribution >= 4 is 24.6 Å². The fourth-order valence-corrected chi connectivity index (χ4v) is 2.77. The van der Waals surface area contributed by atoms with Crippen molar-refractivity contribution in [1.82, 2.24) is 9.97 Å². The third-order valence-electron chi connectivity index (χ3n) is 4.15. The van der Waals surface area contributed by atoms with Gasteiger partial charge in [-0.25, -0.2) is 14.4 Å². The fourth-order valence-electron chi connectivity index (χ4n) is 2.77. The summed E-state index contributed by atoms with van der Waals surface area (Å²) in [6.07, 6.45) is 3.85. The number of halogens is 1. The number of hydrogen-bond acceptors (Lipinski definition) is 7. The number of aldehydes is 2. The summed E-state index contributed by atoms with van der Waals surface area (Å²) in [7, 11) is 3.81. The average molecular weight is 446 g/mol. The molecule has 1 aliphatic rings. The molecule has 32 heavy (non-hydrogen) atoms. The highest BCUT2D eigenvalue weighted by molar-refractivity contribution is 6.09. The second-order valence-electron chi connectivity index (χ2n) is 6.97. The summed E-state index contributed by atoms with van der Waals surface area (Å²) in [6.45, 7) is 9.37. The van der Waals surface area contributed by atoms with Gasteiger partial charge in [0.25, 0.3) is 0 Å². The molecule has 2 aromatic rings. The first-order valence-corrected chi connectivity index (χ1v) is 10.5. The Morgan fingerprint density at radius 2 is 1.59 bits per heavy atom. The number of carbonyl (C=O) groups excluding carboxylic acids is 2. The van der Waals surface area contributed by atoms with Gasteiger partial charge in [0, 0.05) is 25.2 Å². The maximum absolute atomic E-state index is 13.4. The molecule has 0 aliphatic carbocycles. The molecule has 3 rings (SSSR count). The van der Waals surface area contributed by atoms with Gasteiger partial charge in [-0.1, -0.05) is 27.7 Å². The highest BCUT2D eigenvalue weighted by Gasteiger charge is 2.19. The van der Waals surface area contributed by atoms with E-state index in [9.17, 15) is 4.39 Å². The molecule has 0 amide bonds. The largest absolute Gasteiger partial charge is 0.347 e. The third-order valence-corrected chi connectivity index (χ3v) is 4.15. The number of ether oxygens (including phenoxy) is 2. The van der Waals surface area contributed by atoms with E-state index in [-0.39, 0.29) is 30.6 Å². The molecule has 0 radical (unpaired) electrons. The number of nitrogens with zero attached hydrogens (tertiary/aromatic N) is 3. The van der Waals surface area contributed by atoms with Crippen molar-refractivity contribution in [2.75, 3.05) is 32.2 Å². The number of carbonyl (C=O) groups is 2. The van der Waals surface area contributed by atoms with Crippen LogP contribution in [-0.2, 0) is 19.1 Å². The lowest BCUT2D eigenvalue weighted by atomic mass is 9.98. The van der Waals surface area contributed by atoms with Crippen LogP contribution in [0.3, 0.4) is 0 Å². The first-order valence-electron chi connectivity index (χ1n) is 10.5. The number of hydrogen-bond donors (Lipinski definition) is 0. The summed E-state index contributed by atoms with van der Waals surface area (Å²) < 4.78 is 24.4. The molecule has 7 nitrogen and oxygen atoms in total. The van der Waals surface area contributed by atoms with Crippen LogP contribution in [0.5, 0.6) is 0 Å². The van der Waals surface area contributed by atoms with Gasteiger partial charge in [0.2, 0.25) is 5.95 Å². The lowest BCUT2D eigenvalue weighted by Gasteiger charge is -2.19. The lowest BCUT2D eigenvalue weighted by Crippen LogP contribution is -2.16.